The van der Waals surface area contributed by atoms with Gasteiger partial charge in [0.15, 0.2) is 0 Å². The highest BCUT2D eigenvalue weighted by atomic mass is 15.2. The molecule has 2 N–H and O–H groups in total. The average Bonchev–Trinajstić information content (AvgIpc) is 2.08. The number of likely N-dealkylation sites (tertiary alicyclic amines) is 1. The van der Waals surface area contributed by atoms with Gasteiger partial charge in [-0.2, -0.15) is 0 Å². The molecule has 1 aliphatic heterocycles. The summed E-state index contributed by atoms with van der Waals surface area (Å²) >= 11 is 0. The third-order valence-electron chi connectivity index (χ3n) is 3.21. The SMILES string of the molecule is CCC1CCC(C)N(CC(C)N)C1. The standard InChI is InChI=1S/C11H24N2/c1-4-11-6-5-10(3)13(8-11)7-9(2)12/h9-11H,4-8,12H2,1-3H3. The molecule has 78 valence electrons. The summed E-state index contributed by atoms with van der Waals surface area (Å²) in [6.45, 7) is 9.05. The number of hydrogen-bond acceptors (Lipinski definition) is 2. The summed E-state index contributed by atoms with van der Waals surface area (Å²) in [5, 5.41) is 0. The molecule has 3 atom stereocenters. The maximum Gasteiger partial charge on any atom is 0.0139 e. The first kappa shape index (κ1) is 11.0. The summed E-state index contributed by atoms with van der Waals surface area (Å²) < 4.78 is 0. The molecule has 3 unspecified atom stereocenters. The summed E-state index contributed by atoms with van der Waals surface area (Å²) in [6, 6.07) is 1.06. The van der Waals surface area contributed by atoms with Crippen LogP contribution in [0.25, 0.3) is 0 Å². The van der Waals surface area contributed by atoms with Crippen LogP contribution in [0.5, 0.6) is 0 Å². The van der Waals surface area contributed by atoms with Gasteiger partial charge in [-0.05, 0) is 32.6 Å². The molecule has 0 radical (unpaired) electrons. The third-order valence-corrected chi connectivity index (χ3v) is 3.21. The molecule has 0 aromatic rings. The number of piperidine rings is 1. The van der Waals surface area contributed by atoms with Gasteiger partial charge < -0.3 is 5.73 Å². The van der Waals surface area contributed by atoms with Crippen LogP contribution in [0.3, 0.4) is 0 Å². The summed E-state index contributed by atoms with van der Waals surface area (Å²) in [6.07, 6.45) is 4.08. The van der Waals surface area contributed by atoms with Gasteiger partial charge in [-0.25, -0.2) is 0 Å². The Hall–Kier alpha value is -0.0800. The van der Waals surface area contributed by atoms with E-state index in [4.69, 9.17) is 5.73 Å². The molecule has 0 saturated carbocycles. The van der Waals surface area contributed by atoms with Gasteiger partial charge in [0, 0.05) is 25.2 Å². The van der Waals surface area contributed by atoms with Crippen LogP contribution in [0.15, 0.2) is 0 Å². The number of nitrogens with two attached hydrogens (primary N) is 1. The first-order valence-electron chi connectivity index (χ1n) is 5.63. The zero-order valence-electron chi connectivity index (χ0n) is 9.29. The predicted octanol–water partition coefficient (Wildman–Crippen LogP) is 1.84. The van der Waals surface area contributed by atoms with E-state index in [2.05, 4.69) is 25.7 Å². The van der Waals surface area contributed by atoms with Crippen molar-refractivity contribution in [3.8, 4) is 0 Å². The molecule has 0 spiro atoms. The van der Waals surface area contributed by atoms with Crippen LogP contribution in [-0.4, -0.2) is 30.1 Å². The van der Waals surface area contributed by atoms with Gasteiger partial charge in [0.05, 0.1) is 0 Å². The highest BCUT2D eigenvalue weighted by Gasteiger charge is 2.24. The lowest BCUT2D eigenvalue weighted by Gasteiger charge is -2.38. The van der Waals surface area contributed by atoms with E-state index >= 15 is 0 Å². The predicted molar refractivity (Wildman–Crippen MR) is 57.7 cm³/mol. The van der Waals surface area contributed by atoms with E-state index in [0.29, 0.717) is 6.04 Å². The Morgan fingerprint density at radius 3 is 2.69 bits per heavy atom. The van der Waals surface area contributed by atoms with Gasteiger partial charge >= 0.3 is 0 Å². The Labute approximate surface area is 82.5 Å². The van der Waals surface area contributed by atoms with Crippen molar-refractivity contribution >= 4 is 0 Å². The molecule has 13 heavy (non-hydrogen) atoms. The van der Waals surface area contributed by atoms with Gasteiger partial charge in [-0.1, -0.05) is 13.3 Å². The maximum atomic E-state index is 5.83. The minimum atomic E-state index is 0.318. The molecule has 2 heteroatoms. The number of nitrogens with zero attached hydrogens (tertiary/aromatic N) is 1. The zero-order chi connectivity index (χ0) is 9.84. The molecule has 0 bridgehead atoms. The maximum absolute atomic E-state index is 5.83. The zero-order valence-corrected chi connectivity index (χ0v) is 9.29. The molecule has 0 amide bonds. The molecular formula is C11H24N2. The molecule has 0 aromatic heterocycles. The number of hydrogen-bond donors (Lipinski definition) is 1. The molecule has 1 aliphatic rings. The fourth-order valence-corrected chi connectivity index (χ4v) is 2.22. The van der Waals surface area contributed by atoms with Crippen molar-refractivity contribution in [3.05, 3.63) is 0 Å². The lowest BCUT2D eigenvalue weighted by Crippen LogP contribution is -2.46. The van der Waals surface area contributed by atoms with Crippen LogP contribution in [0.2, 0.25) is 0 Å². The second-order valence-electron chi connectivity index (χ2n) is 4.63. The van der Waals surface area contributed by atoms with Gasteiger partial charge in [0.25, 0.3) is 0 Å². The van der Waals surface area contributed by atoms with Gasteiger partial charge in [0.2, 0.25) is 0 Å². The monoisotopic (exact) mass is 184 g/mol. The van der Waals surface area contributed by atoms with Crippen molar-refractivity contribution < 1.29 is 0 Å². The molecule has 0 aliphatic carbocycles. The second kappa shape index (κ2) is 4.97. The minimum absolute atomic E-state index is 0.318. The van der Waals surface area contributed by atoms with E-state index in [9.17, 15) is 0 Å². The van der Waals surface area contributed by atoms with E-state index in [1.54, 1.807) is 0 Å². The van der Waals surface area contributed by atoms with Crippen molar-refractivity contribution in [2.45, 2.75) is 52.1 Å². The fourth-order valence-electron chi connectivity index (χ4n) is 2.22. The van der Waals surface area contributed by atoms with Crippen molar-refractivity contribution in [2.75, 3.05) is 13.1 Å². The van der Waals surface area contributed by atoms with E-state index in [1.165, 1.54) is 25.8 Å². The Balaban J connectivity index is 2.40. The highest BCUT2D eigenvalue weighted by Crippen LogP contribution is 2.23. The lowest BCUT2D eigenvalue weighted by atomic mass is 9.91. The molecule has 0 aromatic carbocycles. The van der Waals surface area contributed by atoms with Crippen LogP contribution >= 0.6 is 0 Å². The average molecular weight is 184 g/mol. The van der Waals surface area contributed by atoms with Crippen LogP contribution in [0, 0.1) is 5.92 Å². The molecule has 1 saturated heterocycles. The lowest BCUT2D eigenvalue weighted by molar-refractivity contribution is 0.111. The third kappa shape index (κ3) is 3.28. The van der Waals surface area contributed by atoms with Gasteiger partial charge in [-0.3, -0.25) is 4.90 Å². The molecule has 1 rings (SSSR count). The summed E-state index contributed by atoms with van der Waals surface area (Å²) in [5.41, 5.74) is 5.83. The second-order valence-corrected chi connectivity index (χ2v) is 4.63. The Bertz CT molecular complexity index is 145. The van der Waals surface area contributed by atoms with E-state index in [1.807, 2.05) is 0 Å². The number of rotatable bonds is 3. The largest absolute Gasteiger partial charge is 0.327 e. The summed E-state index contributed by atoms with van der Waals surface area (Å²) in [5.74, 6) is 0.912. The Morgan fingerprint density at radius 2 is 2.15 bits per heavy atom. The van der Waals surface area contributed by atoms with Crippen molar-refractivity contribution in [2.24, 2.45) is 11.7 Å². The smallest absolute Gasteiger partial charge is 0.0139 e. The van der Waals surface area contributed by atoms with Crippen molar-refractivity contribution in [3.63, 3.8) is 0 Å². The van der Waals surface area contributed by atoms with Crippen LogP contribution in [-0.2, 0) is 0 Å². The minimum Gasteiger partial charge on any atom is -0.327 e. The molecule has 2 nitrogen and oxygen atoms in total. The van der Waals surface area contributed by atoms with Gasteiger partial charge in [-0.15, -0.1) is 0 Å². The van der Waals surface area contributed by atoms with Crippen LogP contribution in [0.4, 0.5) is 0 Å². The van der Waals surface area contributed by atoms with Crippen molar-refractivity contribution in [1.82, 2.24) is 4.90 Å². The quantitative estimate of drug-likeness (QED) is 0.725. The van der Waals surface area contributed by atoms with E-state index < -0.39 is 0 Å². The van der Waals surface area contributed by atoms with Crippen molar-refractivity contribution in [1.29, 1.82) is 0 Å². The fraction of sp³-hybridized carbons (Fsp3) is 1.00. The van der Waals surface area contributed by atoms with Crippen LogP contribution in [0.1, 0.15) is 40.0 Å². The first-order valence-corrected chi connectivity index (χ1v) is 5.63. The normalized spacial score (nSPS) is 33.2. The van der Waals surface area contributed by atoms with E-state index in [0.717, 1.165) is 18.5 Å². The Kier molecular flexibility index (Phi) is 4.20. The van der Waals surface area contributed by atoms with E-state index in [-0.39, 0.29) is 0 Å². The Morgan fingerprint density at radius 1 is 1.46 bits per heavy atom. The van der Waals surface area contributed by atoms with Gasteiger partial charge in [0.1, 0.15) is 0 Å². The topological polar surface area (TPSA) is 29.3 Å². The molecule has 1 heterocycles. The summed E-state index contributed by atoms with van der Waals surface area (Å²) in [7, 11) is 0. The molecular weight excluding hydrogens is 160 g/mol. The molecule has 1 fully saturated rings. The van der Waals surface area contributed by atoms with Crippen LogP contribution < -0.4 is 5.73 Å². The highest BCUT2D eigenvalue weighted by molar-refractivity contribution is 4.79. The summed E-state index contributed by atoms with van der Waals surface area (Å²) in [4.78, 5) is 2.56. The first-order chi connectivity index (χ1) is 6.13.